The highest BCUT2D eigenvalue weighted by Crippen LogP contribution is 2.23. The summed E-state index contributed by atoms with van der Waals surface area (Å²) < 4.78 is 0. The summed E-state index contributed by atoms with van der Waals surface area (Å²) in [6.45, 7) is 0.372. The predicted molar refractivity (Wildman–Crippen MR) is 68.3 cm³/mol. The average molecular weight is 271 g/mol. The van der Waals surface area contributed by atoms with Crippen LogP contribution in [0.25, 0.3) is 0 Å². The molecule has 1 N–H and O–H groups in total. The second kappa shape index (κ2) is 6.13. The molecule has 0 spiro atoms. The molecular weight excluding hydrogens is 256 g/mol. The van der Waals surface area contributed by atoms with Gasteiger partial charge in [-0.05, 0) is 24.5 Å². The summed E-state index contributed by atoms with van der Waals surface area (Å²) in [5.74, 6) is 0. The predicted octanol–water partition coefficient (Wildman–Crippen LogP) is 3.21. The number of nitro groups is 1. The highest BCUT2D eigenvalue weighted by molar-refractivity contribution is 6.31. The molecule has 18 heavy (non-hydrogen) atoms. The fraction of sp³-hybridized carbons (Fsp3) is 0.500. The van der Waals surface area contributed by atoms with Gasteiger partial charge in [0.05, 0.1) is 11.0 Å². The van der Waals surface area contributed by atoms with Crippen molar-refractivity contribution in [3.05, 3.63) is 38.9 Å². The third-order valence-electron chi connectivity index (χ3n) is 3.05. The third kappa shape index (κ3) is 3.41. The van der Waals surface area contributed by atoms with Crippen LogP contribution in [0.2, 0.25) is 5.02 Å². The van der Waals surface area contributed by atoms with Crippen molar-refractivity contribution in [1.29, 1.82) is 0 Å². The van der Waals surface area contributed by atoms with Crippen LogP contribution in [0.4, 0.5) is 5.69 Å². The van der Waals surface area contributed by atoms with E-state index >= 15 is 0 Å². The van der Waals surface area contributed by atoms with Gasteiger partial charge in [0, 0.05) is 23.7 Å². The molecular formula is C12H15ClN2O3. The number of rotatable bonds is 5. The van der Waals surface area contributed by atoms with Gasteiger partial charge in [0.25, 0.3) is 5.69 Å². The first kappa shape index (κ1) is 13.3. The Morgan fingerprint density at radius 3 is 2.83 bits per heavy atom. The lowest BCUT2D eigenvalue weighted by molar-refractivity contribution is -0.384. The number of hydrogen-bond donors (Lipinski definition) is 1. The molecule has 0 heterocycles. The van der Waals surface area contributed by atoms with Gasteiger partial charge in [-0.15, -0.1) is 0 Å². The molecule has 98 valence electrons. The van der Waals surface area contributed by atoms with Gasteiger partial charge in [-0.1, -0.05) is 24.4 Å². The minimum absolute atomic E-state index is 0.0390. The number of nitro benzene ring substituents is 1. The zero-order chi connectivity index (χ0) is 13.0. The smallest absolute Gasteiger partial charge is 0.269 e. The molecule has 0 bridgehead atoms. The SMILES string of the molecule is O=[N+]([O-])c1ccc(Cl)c(CNOC2CCCC2)c1. The minimum Gasteiger partial charge on any atom is -0.298 e. The zero-order valence-corrected chi connectivity index (χ0v) is 10.7. The molecule has 0 saturated heterocycles. The summed E-state index contributed by atoms with van der Waals surface area (Å²) in [5.41, 5.74) is 3.55. The number of nitrogens with zero attached hydrogens (tertiary/aromatic N) is 1. The molecule has 1 aliphatic carbocycles. The first-order chi connectivity index (χ1) is 8.66. The summed E-state index contributed by atoms with van der Waals surface area (Å²) in [7, 11) is 0. The van der Waals surface area contributed by atoms with E-state index in [2.05, 4.69) is 5.48 Å². The maximum Gasteiger partial charge on any atom is 0.269 e. The second-order valence-corrected chi connectivity index (χ2v) is 4.79. The van der Waals surface area contributed by atoms with E-state index in [1.54, 1.807) is 0 Å². The Morgan fingerprint density at radius 2 is 2.17 bits per heavy atom. The van der Waals surface area contributed by atoms with Crippen molar-refractivity contribution < 1.29 is 9.76 Å². The van der Waals surface area contributed by atoms with Gasteiger partial charge in [-0.3, -0.25) is 15.0 Å². The van der Waals surface area contributed by atoms with Crippen molar-refractivity contribution in [3.63, 3.8) is 0 Å². The minimum atomic E-state index is -0.433. The molecule has 0 aromatic heterocycles. The Bertz CT molecular complexity index is 433. The molecule has 2 rings (SSSR count). The highest BCUT2D eigenvalue weighted by atomic mass is 35.5. The highest BCUT2D eigenvalue weighted by Gasteiger charge is 2.16. The zero-order valence-electron chi connectivity index (χ0n) is 9.89. The Hall–Kier alpha value is -1.17. The van der Waals surface area contributed by atoms with Crippen LogP contribution in [-0.4, -0.2) is 11.0 Å². The van der Waals surface area contributed by atoms with Gasteiger partial charge in [0.2, 0.25) is 0 Å². The summed E-state index contributed by atoms with van der Waals surface area (Å²) in [6.07, 6.45) is 4.78. The van der Waals surface area contributed by atoms with E-state index in [0.29, 0.717) is 17.1 Å². The van der Waals surface area contributed by atoms with Gasteiger partial charge in [-0.2, -0.15) is 5.48 Å². The van der Waals surface area contributed by atoms with Crippen LogP contribution in [-0.2, 0) is 11.4 Å². The van der Waals surface area contributed by atoms with E-state index in [1.807, 2.05) is 0 Å². The van der Waals surface area contributed by atoms with E-state index in [9.17, 15) is 10.1 Å². The largest absolute Gasteiger partial charge is 0.298 e. The van der Waals surface area contributed by atoms with Gasteiger partial charge < -0.3 is 0 Å². The normalized spacial score (nSPS) is 16.1. The topological polar surface area (TPSA) is 64.4 Å². The van der Waals surface area contributed by atoms with Crippen LogP contribution < -0.4 is 5.48 Å². The fourth-order valence-corrected chi connectivity index (χ4v) is 2.24. The van der Waals surface area contributed by atoms with Crippen LogP contribution in [0.3, 0.4) is 0 Å². The van der Waals surface area contributed by atoms with Gasteiger partial charge in [0.1, 0.15) is 0 Å². The van der Waals surface area contributed by atoms with E-state index in [4.69, 9.17) is 16.4 Å². The number of halogens is 1. The molecule has 0 aliphatic heterocycles. The summed E-state index contributed by atoms with van der Waals surface area (Å²) in [6, 6.07) is 4.39. The maximum atomic E-state index is 10.7. The van der Waals surface area contributed by atoms with Crippen molar-refractivity contribution in [1.82, 2.24) is 5.48 Å². The lowest BCUT2D eigenvalue weighted by Crippen LogP contribution is -2.21. The molecule has 1 saturated carbocycles. The van der Waals surface area contributed by atoms with E-state index in [-0.39, 0.29) is 11.8 Å². The molecule has 1 aromatic carbocycles. The van der Waals surface area contributed by atoms with Crippen LogP contribution >= 0.6 is 11.6 Å². The van der Waals surface area contributed by atoms with Crippen molar-refractivity contribution in [2.24, 2.45) is 0 Å². The Balaban J connectivity index is 1.91. The molecule has 5 nitrogen and oxygen atoms in total. The van der Waals surface area contributed by atoms with Gasteiger partial charge >= 0.3 is 0 Å². The fourth-order valence-electron chi connectivity index (χ4n) is 2.05. The molecule has 6 heteroatoms. The Labute approximate surface area is 110 Å². The van der Waals surface area contributed by atoms with Crippen molar-refractivity contribution in [2.45, 2.75) is 38.3 Å². The Kier molecular flexibility index (Phi) is 4.52. The second-order valence-electron chi connectivity index (χ2n) is 4.38. The Morgan fingerprint density at radius 1 is 1.44 bits per heavy atom. The average Bonchev–Trinajstić information content (AvgIpc) is 2.84. The number of nitrogens with one attached hydrogen (secondary N) is 1. The van der Waals surface area contributed by atoms with Crippen LogP contribution in [0.1, 0.15) is 31.2 Å². The third-order valence-corrected chi connectivity index (χ3v) is 3.42. The van der Waals surface area contributed by atoms with E-state index in [1.165, 1.54) is 31.0 Å². The van der Waals surface area contributed by atoms with Crippen molar-refractivity contribution in [2.75, 3.05) is 0 Å². The van der Waals surface area contributed by atoms with Crippen LogP contribution in [0.15, 0.2) is 18.2 Å². The van der Waals surface area contributed by atoms with Crippen LogP contribution in [0.5, 0.6) is 0 Å². The lowest BCUT2D eigenvalue weighted by Gasteiger charge is -2.12. The molecule has 0 unspecified atom stereocenters. The molecule has 0 amide bonds. The first-order valence-corrected chi connectivity index (χ1v) is 6.36. The number of non-ortho nitro benzene ring substituents is 1. The van der Waals surface area contributed by atoms with Crippen molar-refractivity contribution in [3.8, 4) is 0 Å². The summed E-state index contributed by atoms with van der Waals surface area (Å²) in [4.78, 5) is 15.7. The molecule has 1 aliphatic rings. The van der Waals surface area contributed by atoms with Gasteiger partial charge in [0.15, 0.2) is 0 Å². The number of benzene rings is 1. The standard InChI is InChI=1S/C12H15ClN2O3/c13-12-6-5-10(15(16)17)7-9(12)8-14-18-11-3-1-2-4-11/h5-7,11,14H,1-4,8H2. The van der Waals surface area contributed by atoms with Crippen molar-refractivity contribution >= 4 is 17.3 Å². The van der Waals surface area contributed by atoms with Crippen LogP contribution in [0, 0.1) is 10.1 Å². The molecule has 0 atom stereocenters. The van der Waals surface area contributed by atoms with E-state index < -0.39 is 4.92 Å². The maximum absolute atomic E-state index is 10.7. The number of hydroxylamine groups is 1. The molecule has 0 radical (unpaired) electrons. The molecule has 1 fully saturated rings. The first-order valence-electron chi connectivity index (χ1n) is 5.98. The molecule has 1 aromatic rings. The van der Waals surface area contributed by atoms with E-state index in [0.717, 1.165) is 12.8 Å². The monoisotopic (exact) mass is 270 g/mol. The van der Waals surface area contributed by atoms with Gasteiger partial charge in [-0.25, -0.2) is 0 Å². The summed E-state index contributed by atoms with van der Waals surface area (Å²) >= 11 is 5.98. The quantitative estimate of drug-likeness (QED) is 0.659. The summed E-state index contributed by atoms with van der Waals surface area (Å²) in [5, 5.41) is 11.2. The lowest BCUT2D eigenvalue weighted by atomic mass is 10.2. The number of hydrogen-bond acceptors (Lipinski definition) is 4.